The molecule has 1 atom stereocenters. The molecule has 70 valence electrons. The van der Waals surface area contributed by atoms with Crippen LogP contribution in [0.5, 0.6) is 0 Å². The molecule has 2 rings (SSSR count). The second-order valence-corrected chi connectivity index (χ2v) is 5.44. The number of nitrogens with two attached hydrogens (primary N) is 1. The van der Waals surface area contributed by atoms with Crippen LogP contribution in [0.15, 0.2) is 0 Å². The van der Waals surface area contributed by atoms with E-state index >= 15 is 0 Å². The highest BCUT2D eigenvalue weighted by Gasteiger charge is 2.44. The summed E-state index contributed by atoms with van der Waals surface area (Å²) in [5.41, 5.74) is 6.40. The Bertz CT molecular complexity index is 152. The third-order valence-electron chi connectivity index (χ3n) is 3.73. The summed E-state index contributed by atoms with van der Waals surface area (Å²) in [6.07, 6.45) is 7.17. The van der Waals surface area contributed by atoms with Gasteiger partial charge in [-0.3, -0.25) is 0 Å². The van der Waals surface area contributed by atoms with E-state index in [1.165, 1.54) is 43.6 Å². The largest absolute Gasteiger partial charge is 0.330 e. The fraction of sp³-hybridized carbons (Fsp3) is 1.00. The van der Waals surface area contributed by atoms with Gasteiger partial charge >= 0.3 is 0 Å². The minimum atomic E-state index is 0.752. The number of rotatable bonds is 2. The average molecular weight is 185 g/mol. The number of hydrogen-bond donors (Lipinski definition) is 1. The van der Waals surface area contributed by atoms with Crippen molar-refractivity contribution in [1.82, 2.24) is 0 Å². The number of hydrogen-bond acceptors (Lipinski definition) is 2. The quantitative estimate of drug-likeness (QED) is 0.714. The molecule has 2 heteroatoms. The Hall–Kier alpha value is 0.310. The summed E-state index contributed by atoms with van der Waals surface area (Å²) >= 11 is 2.17. The molecular weight excluding hydrogens is 166 g/mol. The fourth-order valence-corrected chi connectivity index (χ4v) is 4.29. The maximum Gasteiger partial charge on any atom is -0.000814 e. The molecule has 0 aromatic carbocycles. The predicted molar refractivity (Wildman–Crippen MR) is 55.4 cm³/mol. The highest BCUT2D eigenvalue weighted by Crippen LogP contribution is 2.54. The van der Waals surface area contributed by atoms with Crippen molar-refractivity contribution < 1.29 is 0 Å². The Morgan fingerprint density at radius 3 is 2.83 bits per heavy atom. The molecule has 0 bridgehead atoms. The van der Waals surface area contributed by atoms with Crippen LogP contribution in [0.1, 0.15) is 32.1 Å². The van der Waals surface area contributed by atoms with Crippen LogP contribution in [0.2, 0.25) is 0 Å². The summed E-state index contributed by atoms with van der Waals surface area (Å²) in [4.78, 5) is 0. The molecule has 1 saturated heterocycles. The van der Waals surface area contributed by atoms with Crippen molar-refractivity contribution in [2.75, 3.05) is 18.1 Å². The van der Waals surface area contributed by atoms with Crippen molar-refractivity contribution in [3.05, 3.63) is 0 Å². The predicted octanol–water partition coefficient (Wildman–Crippen LogP) is 2.26. The minimum Gasteiger partial charge on any atom is -0.330 e. The molecule has 2 fully saturated rings. The first-order valence-electron chi connectivity index (χ1n) is 5.15. The van der Waals surface area contributed by atoms with Gasteiger partial charge in [-0.25, -0.2) is 0 Å². The third kappa shape index (κ3) is 1.39. The van der Waals surface area contributed by atoms with E-state index in [1.54, 1.807) is 0 Å². The Morgan fingerprint density at radius 2 is 2.25 bits per heavy atom. The molecule has 2 aliphatic rings. The highest BCUT2D eigenvalue weighted by molar-refractivity contribution is 7.99. The molecule has 1 spiro atoms. The lowest BCUT2D eigenvalue weighted by Gasteiger charge is -2.50. The van der Waals surface area contributed by atoms with Crippen LogP contribution in [-0.2, 0) is 0 Å². The summed E-state index contributed by atoms with van der Waals surface area (Å²) in [5, 5.41) is 0. The van der Waals surface area contributed by atoms with Crippen molar-refractivity contribution in [2.45, 2.75) is 32.1 Å². The van der Waals surface area contributed by atoms with Gasteiger partial charge < -0.3 is 5.73 Å². The first-order chi connectivity index (χ1) is 5.87. The molecule has 0 aromatic heterocycles. The van der Waals surface area contributed by atoms with Gasteiger partial charge in [-0.2, -0.15) is 11.8 Å². The van der Waals surface area contributed by atoms with Gasteiger partial charge in [0.05, 0.1) is 0 Å². The molecule has 1 unspecified atom stereocenters. The summed E-state index contributed by atoms with van der Waals surface area (Å²) in [6, 6.07) is 0. The van der Waals surface area contributed by atoms with Crippen LogP contribution >= 0.6 is 11.8 Å². The summed E-state index contributed by atoms with van der Waals surface area (Å²) < 4.78 is 0. The molecule has 0 amide bonds. The van der Waals surface area contributed by atoms with E-state index in [9.17, 15) is 0 Å². The van der Waals surface area contributed by atoms with Crippen LogP contribution < -0.4 is 5.73 Å². The van der Waals surface area contributed by atoms with E-state index in [0.29, 0.717) is 0 Å². The Kier molecular flexibility index (Phi) is 2.66. The van der Waals surface area contributed by atoms with E-state index in [4.69, 9.17) is 5.73 Å². The SMILES string of the molecule is NCCC1CCSCC12CCC2. The molecule has 12 heavy (non-hydrogen) atoms. The standard InChI is InChI=1S/C10H19NS/c11-6-2-9-3-7-12-8-10(9)4-1-5-10/h9H,1-8,11H2. The van der Waals surface area contributed by atoms with Gasteiger partial charge in [-0.05, 0) is 55.1 Å². The van der Waals surface area contributed by atoms with Gasteiger partial charge in [0.25, 0.3) is 0 Å². The van der Waals surface area contributed by atoms with Gasteiger partial charge in [0.15, 0.2) is 0 Å². The van der Waals surface area contributed by atoms with Crippen molar-refractivity contribution in [1.29, 1.82) is 0 Å². The van der Waals surface area contributed by atoms with E-state index in [0.717, 1.165) is 17.9 Å². The lowest BCUT2D eigenvalue weighted by Crippen LogP contribution is -2.43. The second-order valence-electron chi connectivity index (χ2n) is 4.33. The Labute approximate surface area is 79.5 Å². The normalized spacial score (nSPS) is 33.2. The second kappa shape index (κ2) is 3.59. The maximum atomic E-state index is 5.65. The Morgan fingerprint density at radius 1 is 1.42 bits per heavy atom. The van der Waals surface area contributed by atoms with Crippen LogP contribution in [-0.4, -0.2) is 18.1 Å². The van der Waals surface area contributed by atoms with Crippen LogP contribution in [0.3, 0.4) is 0 Å². The zero-order chi connectivity index (χ0) is 8.44. The molecule has 1 heterocycles. The van der Waals surface area contributed by atoms with Gasteiger partial charge in [0.2, 0.25) is 0 Å². The summed E-state index contributed by atoms with van der Waals surface area (Å²) in [5.74, 6) is 3.78. The van der Waals surface area contributed by atoms with Crippen LogP contribution in [0.25, 0.3) is 0 Å². The number of thioether (sulfide) groups is 1. The van der Waals surface area contributed by atoms with Crippen molar-refractivity contribution in [2.24, 2.45) is 17.1 Å². The van der Waals surface area contributed by atoms with E-state index in [1.807, 2.05) is 0 Å². The topological polar surface area (TPSA) is 26.0 Å². The summed E-state index contributed by atoms with van der Waals surface area (Å²) in [6.45, 7) is 0.900. The Balaban J connectivity index is 1.97. The molecule has 1 nitrogen and oxygen atoms in total. The third-order valence-corrected chi connectivity index (χ3v) is 5.03. The average Bonchev–Trinajstić information content (AvgIpc) is 2.03. The van der Waals surface area contributed by atoms with Crippen molar-refractivity contribution in [3.8, 4) is 0 Å². The van der Waals surface area contributed by atoms with Crippen LogP contribution in [0, 0.1) is 11.3 Å². The van der Waals surface area contributed by atoms with Gasteiger partial charge in [0.1, 0.15) is 0 Å². The van der Waals surface area contributed by atoms with Crippen molar-refractivity contribution in [3.63, 3.8) is 0 Å². The van der Waals surface area contributed by atoms with E-state index < -0.39 is 0 Å². The van der Waals surface area contributed by atoms with Crippen LogP contribution in [0.4, 0.5) is 0 Å². The monoisotopic (exact) mass is 185 g/mol. The molecular formula is C10H19NS. The zero-order valence-electron chi connectivity index (χ0n) is 7.72. The van der Waals surface area contributed by atoms with E-state index in [-0.39, 0.29) is 0 Å². The van der Waals surface area contributed by atoms with Gasteiger partial charge in [-0.15, -0.1) is 0 Å². The maximum absolute atomic E-state index is 5.65. The van der Waals surface area contributed by atoms with Gasteiger partial charge in [-0.1, -0.05) is 6.42 Å². The lowest BCUT2D eigenvalue weighted by atomic mass is 9.60. The summed E-state index contributed by atoms with van der Waals surface area (Å²) in [7, 11) is 0. The van der Waals surface area contributed by atoms with Crippen molar-refractivity contribution >= 4 is 11.8 Å². The molecule has 0 aromatic rings. The molecule has 1 aliphatic carbocycles. The van der Waals surface area contributed by atoms with E-state index in [2.05, 4.69) is 11.8 Å². The molecule has 1 aliphatic heterocycles. The highest BCUT2D eigenvalue weighted by atomic mass is 32.2. The fourth-order valence-electron chi connectivity index (χ4n) is 2.76. The first kappa shape index (κ1) is 8.89. The lowest BCUT2D eigenvalue weighted by molar-refractivity contribution is 0.0658. The van der Waals surface area contributed by atoms with Gasteiger partial charge in [0, 0.05) is 0 Å². The molecule has 0 radical (unpaired) electrons. The smallest absolute Gasteiger partial charge is 0.000814 e. The molecule has 1 saturated carbocycles. The molecule has 2 N–H and O–H groups in total. The minimum absolute atomic E-state index is 0.752. The zero-order valence-corrected chi connectivity index (χ0v) is 8.54. The first-order valence-corrected chi connectivity index (χ1v) is 6.31.